The Morgan fingerprint density at radius 3 is 2.74 bits per heavy atom. The van der Waals surface area contributed by atoms with Crippen LogP contribution in [0, 0.1) is 13.8 Å². The number of hydrazine groups is 1. The molecular formula is C13H20N4S2. The number of thiophene rings is 1. The molecule has 0 radical (unpaired) electrons. The second-order valence-electron chi connectivity index (χ2n) is 4.63. The predicted molar refractivity (Wildman–Crippen MR) is 85.7 cm³/mol. The lowest BCUT2D eigenvalue weighted by molar-refractivity contribution is 0.902. The van der Waals surface area contributed by atoms with Gasteiger partial charge in [0, 0.05) is 10.1 Å². The number of nitrogens with two attached hydrogens (primary N) is 1. The van der Waals surface area contributed by atoms with Crippen molar-refractivity contribution in [2.24, 2.45) is 5.84 Å². The molecule has 2 aromatic heterocycles. The van der Waals surface area contributed by atoms with E-state index in [-0.39, 0.29) is 0 Å². The number of nitrogens with one attached hydrogen (secondary N) is 1. The Balaban J connectivity index is 2.37. The summed E-state index contributed by atoms with van der Waals surface area (Å²) in [6, 6.07) is 0. The number of anilines is 1. The third-order valence-electron chi connectivity index (χ3n) is 3.28. The van der Waals surface area contributed by atoms with Gasteiger partial charge in [-0.2, -0.15) is 11.8 Å². The van der Waals surface area contributed by atoms with Crippen molar-refractivity contribution >= 4 is 39.1 Å². The van der Waals surface area contributed by atoms with Gasteiger partial charge in [0.1, 0.15) is 10.7 Å². The molecule has 104 valence electrons. The SMILES string of the molecule is CCC(C)SCc1nc(NN)c2c(C)c(C)sc2n1. The zero-order valence-electron chi connectivity index (χ0n) is 11.8. The van der Waals surface area contributed by atoms with Gasteiger partial charge in [-0.3, -0.25) is 0 Å². The van der Waals surface area contributed by atoms with Crippen molar-refractivity contribution < 1.29 is 0 Å². The van der Waals surface area contributed by atoms with Crippen LogP contribution in [0.5, 0.6) is 0 Å². The summed E-state index contributed by atoms with van der Waals surface area (Å²) in [5.74, 6) is 8.03. The minimum atomic E-state index is 0.625. The molecular weight excluding hydrogens is 276 g/mol. The number of aryl methyl sites for hydroxylation is 2. The Morgan fingerprint density at radius 1 is 1.37 bits per heavy atom. The molecule has 0 saturated heterocycles. The van der Waals surface area contributed by atoms with Gasteiger partial charge in [0.25, 0.3) is 0 Å². The minimum absolute atomic E-state index is 0.625. The summed E-state index contributed by atoms with van der Waals surface area (Å²) < 4.78 is 0. The highest BCUT2D eigenvalue weighted by atomic mass is 32.2. The molecule has 0 aromatic carbocycles. The first kappa shape index (κ1) is 14.6. The molecule has 0 bridgehead atoms. The van der Waals surface area contributed by atoms with Crippen LogP contribution in [0.1, 0.15) is 36.5 Å². The van der Waals surface area contributed by atoms with Gasteiger partial charge in [0.15, 0.2) is 5.82 Å². The highest BCUT2D eigenvalue weighted by molar-refractivity contribution is 7.99. The standard InChI is InChI=1S/C13H20N4S2/c1-5-7(2)18-6-10-15-12(17-14)11-8(3)9(4)19-13(11)16-10/h7H,5-6,14H2,1-4H3,(H,15,16,17). The fourth-order valence-corrected chi connectivity index (χ4v) is 3.64. The third-order valence-corrected chi connectivity index (χ3v) is 5.71. The molecule has 0 aliphatic rings. The molecule has 1 atom stereocenters. The van der Waals surface area contributed by atoms with Gasteiger partial charge in [0.2, 0.25) is 0 Å². The number of rotatable bonds is 5. The minimum Gasteiger partial charge on any atom is -0.308 e. The van der Waals surface area contributed by atoms with E-state index in [1.165, 1.54) is 10.4 Å². The van der Waals surface area contributed by atoms with Crippen molar-refractivity contribution in [1.29, 1.82) is 0 Å². The molecule has 0 spiro atoms. The molecule has 4 nitrogen and oxygen atoms in total. The average Bonchev–Trinajstić information content (AvgIpc) is 2.70. The molecule has 0 aliphatic heterocycles. The maximum Gasteiger partial charge on any atom is 0.152 e. The lowest BCUT2D eigenvalue weighted by atomic mass is 10.2. The summed E-state index contributed by atoms with van der Waals surface area (Å²) in [4.78, 5) is 11.5. The maximum absolute atomic E-state index is 5.60. The maximum atomic E-state index is 5.60. The largest absolute Gasteiger partial charge is 0.308 e. The van der Waals surface area contributed by atoms with Crippen LogP contribution in [0.4, 0.5) is 5.82 Å². The molecule has 2 rings (SSSR count). The van der Waals surface area contributed by atoms with Gasteiger partial charge in [-0.1, -0.05) is 13.8 Å². The second kappa shape index (κ2) is 6.07. The summed E-state index contributed by atoms with van der Waals surface area (Å²) in [6.45, 7) is 8.62. The molecule has 0 aliphatic carbocycles. The van der Waals surface area contributed by atoms with Crippen LogP contribution in [0.25, 0.3) is 10.2 Å². The summed E-state index contributed by atoms with van der Waals surface area (Å²) in [6.07, 6.45) is 1.16. The first-order valence-corrected chi connectivity index (χ1v) is 8.28. The van der Waals surface area contributed by atoms with E-state index in [1.807, 2.05) is 11.8 Å². The second-order valence-corrected chi connectivity index (χ2v) is 7.26. The normalized spacial score (nSPS) is 12.9. The molecule has 0 amide bonds. The van der Waals surface area contributed by atoms with Crippen LogP contribution < -0.4 is 11.3 Å². The zero-order valence-corrected chi connectivity index (χ0v) is 13.4. The molecule has 1 unspecified atom stereocenters. The first-order valence-electron chi connectivity index (χ1n) is 6.41. The Hall–Kier alpha value is -0.850. The Morgan fingerprint density at radius 2 is 2.11 bits per heavy atom. The van der Waals surface area contributed by atoms with Crippen molar-refractivity contribution in [3.05, 3.63) is 16.3 Å². The van der Waals surface area contributed by atoms with Gasteiger partial charge < -0.3 is 5.43 Å². The van der Waals surface area contributed by atoms with Crippen LogP contribution in [-0.4, -0.2) is 15.2 Å². The summed E-state index contributed by atoms with van der Waals surface area (Å²) in [5, 5.41) is 1.68. The molecule has 2 heterocycles. The van der Waals surface area contributed by atoms with Crippen molar-refractivity contribution in [2.45, 2.75) is 45.1 Å². The third kappa shape index (κ3) is 3.01. The van der Waals surface area contributed by atoms with Crippen molar-refractivity contribution in [1.82, 2.24) is 9.97 Å². The number of nitrogen functional groups attached to an aromatic ring is 1. The van der Waals surface area contributed by atoms with E-state index in [9.17, 15) is 0 Å². The Kier molecular flexibility index (Phi) is 4.65. The fraction of sp³-hybridized carbons (Fsp3) is 0.538. The molecule has 6 heteroatoms. The van der Waals surface area contributed by atoms with E-state index >= 15 is 0 Å². The first-order chi connectivity index (χ1) is 9.06. The number of fused-ring (bicyclic) bond motifs is 1. The van der Waals surface area contributed by atoms with Gasteiger partial charge in [-0.25, -0.2) is 15.8 Å². The van der Waals surface area contributed by atoms with E-state index in [0.29, 0.717) is 5.25 Å². The molecule has 0 saturated carbocycles. The van der Waals surface area contributed by atoms with Crippen LogP contribution in [-0.2, 0) is 5.75 Å². The van der Waals surface area contributed by atoms with Gasteiger partial charge in [0.05, 0.1) is 11.1 Å². The number of aromatic nitrogens is 2. The molecule has 0 fully saturated rings. The van der Waals surface area contributed by atoms with Crippen LogP contribution in [0.2, 0.25) is 0 Å². The van der Waals surface area contributed by atoms with E-state index in [4.69, 9.17) is 5.84 Å². The number of nitrogens with zero attached hydrogens (tertiary/aromatic N) is 2. The average molecular weight is 296 g/mol. The number of thioether (sulfide) groups is 1. The zero-order chi connectivity index (χ0) is 14.0. The summed E-state index contributed by atoms with van der Waals surface area (Å²) in [7, 11) is 0. The number of hydrogen-bond donors (Lipinski definition) is 2. The van der Waals surface area contributed by atoms with Crippen LogP contribution in [0.15, 0.2) is 0 Å². The van der Waals surface area contributed by atoms with Gasteiger partial charge >= 0.3 is 0 Å². The fourth-order valence-electron chi connectivity index (χ4n) is 1.80. The van der Waals surface area contributed by atoms with Gasteiger partial charge in [-0.05, 0) is 25.8 Å². The Bertz CT molecular complexity index is 580. The van der Waals surface area contributed by atoms with Gasteiger partial charge in [-0.15, -0.1) is 11.3 Å². The monoisotopic (exact) mass is 296 g/mol. The van der Waals surface area contributed by atoms with Crippen molar-refractivity contribution in [3.63, 3.8) is 0 Å². The highest BCUT2D eigenvalue weighted by Gasteiger charge is 2.14. The van der Waals surface area contributed by atoms with Crippen molar-refractivity contribution in [3.8, 4) is 0 Å². The summed E-state index contributed by atoms with van der Waals surface area (Å²) >= 11 is 3.59. The van der Waals surface area contributed by atoms with Crippen LogP contribution >= 0.6 is 23.1 Å². The topological polar surface area (TPSA) is 63.8 Å². The number of hydrogen-bond acceptors (Lipinski definition) is 6. The van der Waals surface area contributed by atoms with Crippen LogP contribution in [0.3, 0.4) is 0 Å². The Labute approximate surface area is 122 Å². The molecule has 2 aromatic rings. The van der Waals surface area contributed by atoms with E-state index in [2.05, 4.69) is 43.1 Å². The van der Waals surface area contributed by atoms with E-state index in [1.54, 1.807) is 11.3 Å². The predicted octanol–water partition coefficient (Wildman–Crippen LogP) is 3.63. The summed E-state index contributed by atoms with van der Waals surface area (Å²) in [5.41, 5.74) is 3.93. The van der Waals surface area contributed by atoms with E-state index < -0.39 is 0 Å². The highest BCUT2D eigenvalue weighted by Crippen LogP contribution is 2.33. The lowest BCUT2D eigenvalue weighted by Gasteiger charge is -2.09. The smallest absolute Gasteiger partial charge is 0.152 e. The van der Waals surface area contributed by atoms with E-state index in [0.717, 1.165) is 34.0 Å². The molecule has 19 heavy (non-hydrogen) atoms. The lowest BCUT2D eigenvalue weighted by Crippen LogP contribution is -2.11. The van der Waals surface area contributed by atoms with Crippen molar-refractivity contribution in [2.75, 3.05) is 5.43 Å². The molecule has 3 N–H and O–H groups in total. The quantitative estimate of drug-likeness (QED) is 0.651.